The number of aryl methyl sites for hydroxylation is 1. The van der Waals surface area contributed by atoms with Gasteiger partial charge >= 0.3 is 0 Å². The second-order valence-corrected chi connectivity index (χ2v) is 7.63. The topological polar surface area (TPSA) is 90.8 Å². The second-order valence-electron chi connectivity index (χ2n) is 7.63. The minimum atomic E-state index is -0.409. The van der Waals surface area contributed by atoms with Gasteiger partial charge in [-0.15, -0.1) is 0 Å². The van der Waals surface area contributed by atoms with Crippen LogP contribution in [0.2, 0.25) is 0 Å². The molecule has 0 bridgehead atoms. The van der Waals surface area contributed by atoms with Crippen LogP contribution in [0.1, 0.15) is 49.9 Å². The molecule has 0 aromatic carbocycles. The Morgan fingerprint density at radius 2 is 2.07 bits per heavy atom. The quantitative estimate of drug-likeness (QED) is 0.873. The highest BCUT2D eigenvalue weighted by Crippen LogP contribution is 2.27. The molecule has 4 heterocycles. The maximum Gasteiger partial charge on any atom is 0.272 e. The zero-order valence-electron chi connectivity index (χ0n) is 15.8. The number of likely N-dealkylation sites (tertiary alicyclic amines) is 2. The number of rotatable bonds is 3. The van der Waals surface area contributed by atoms with Crippen LogP contribution >= 0.6 is 0 Å². The molecule has 0 radical (unpaired) electrons. The third-order valence-electron chi connectivity index (χ3n) is 5.71. The Balaban J connectivity index is 1.52. The van der Waals surface area contributed by atoms with Gasteiger partial charge in [0.25, 0.3) is 5.56 Å². The maximum atomic E-state index is 12.9. The van der Waals surface area contributed by atoms with Crippen molar-refractivity contribution in [3.05, 3.63) is 33.9 Å². The Morgan fingerprint density at radius 3 is 2.81 bits per heavy atom. The van der Waals surface area contributed by atoms with Crippen molar-refractivity contribution in [3.63, 3.8) is 0 Å². The van der Waals surface area contributed by atoms with Crippen molar-refractivity contribution in [2.24, 2.45) is 0 Å². The van der Waals surface area contributed by atoms with E-state index in [1.54, 1.807) is 11.8 Å². The van der Waals surface area contributed by atoms with Gasteiger partial charge in [0, 0.05) is 55.5 Å². The van der Waals surface area contributed by atoms with E-state index in [1.807, 2.05) is 17.9 Å². The molecule has 2 aliphatic heterocycles. The van der Waals surface area contributed by atoms with Gasteiger partial charge in [-0.1, -0.05) is 0 Å². The first-order valence-corrected chi connectivity index (χ1v) is 9.61. The average molecular weight is 371 g/mol. The van der Waals surface area contributed by atoms with Gasteiger partial charge < -0.3 is 9.80 Å². The molecule has 0 spiro atoms. The van der Waals surface area contributed by atoms with E-state index in [2.05, 4.69) is 10.1 Å². The molecule has 8 heteroatoms. The number of amides is 2. The molecule has 2 amide bonds. The lowest BCUT2D eigenvalue weighted by atomic mass is 9.94. The fourth-order valence-electron chi connectivity index (χ4n) is 4.25. The third-order valence-corrected chi connectivity index (χ3v) is 5.71. The van der Waals surface area contributed by atoms with Crippen molar-refractivity contribution in [2.75, 3.05) is 19.6 Å². The Morgan fingerprint density at radius 1 is 1.26 bits per heavy atom. The normalized spacial score (nSPS) is 21.9. The molecular formula is C19H25N5O3. The summed E-state index contributed by atoms with van der Waals surface area (Å²) in [5.41, 5.74) is 2.09. The van der Waals surface area contributed by atoms with E-state index in [9.17, 15) is 14.4 Å². The van der Waals surface area contributed by atoms with Gasteiger partial charge in [0.15, 0.2) is 5.65 Å². The number of nitrogens with zero attached hydrogens (tertiary/aromatic N) is 4. The van der Waals surface area contributed by atoms with Crippen molar-refractivity contribution >= 4 is 17.5 Å². The van der Waals surface area contributed by atoms with Gasteiger partial charge in [0.05, 0.1) is 0 Å². The first-order valence-electron chi connectivity index (χ1n) is 9.61. The van der Waals surface area contributed by atoms with E-state index in [0.29, 0.717) is 37.4 Å². The molecule has 2 saturated heterocycles. The van der Waals surface area contributed by atoms with Crippen molar-refractivity contribution in [1.82, 2.24) is 24.4 Å². The number of nitrogens with one attached hydrogen (secondary N) is 1. The summed E-state index contributed by atoms with van der Waals surface area (Å²) in [5, 5.41) is 3.15. The zero-order chi connectivity index (χ0) is 19.1. The zero-order valence-corrected chi connectivity index (χ0v) is 15.8. The van der Waals surface area contributed by atoms with Gasteiger partial charge in [-0.25, -0.2) is 9.50 Å². The van der Waals surface area contributed by atoms with Gasteiger partial charge in [0.1, 0.15) is 6.04 Å². The minimum absolute atomic E-state index is 0.0113. The van der Waals surface area contributed by atoms with Crippen LogP contribution in [-0.4, -0.2) is 61.9 Å². The number of hydrogen-bond acceptors (Lipinski definition) is 4. The Kier molecular flexibility index (Phi) is 4.49. The Hall–Kier alpha value is -2.64. The summed E-state index contributed by atoms with van der Waals surface area (Å²) in [7, 11) is 0. The van der Waals surface area contributed by atoms with Gasteiger partial charge in [0.2, 0.25) is 11.8 Å². The SMILES string of the molecule is Cc1cc(=O)n2[nH]c([C@@H]3CCCN(C(=O)[C@@H](C)N4CCCC4=O)C3)cc2n1. The van der Waals surface area contributed by atoms with Crippen LogP contribution < -0.4 is 5.56 Å². The number of hydrogen-bond donors (Lipinski definition) is 1. The van der Waals surface area contributed by atoms with Crippen molar-refractivity contribution in [1.29, 1.82) is 0 Å². The fraction of sp³-hybridized carbons (Fsp3) is 0.579. The summed E-state index contributed by atoms with van der Waals surface area (Å²) in [6, 6.07) is 2.99. The minimum Gasteiger partial charge on any atom is -0.340 e. The number of H-pyrrole nitrogens is 1. The number of carbonyl (C=O) groups is 2. The summed E-state index contributed by atoms with van der Waals surface area (Å²) in [6.07, 6.45) is 3.21. The highest BCUT2D eigenvalue weighted by Gasteiger charge is 2.34. The van der Waals surface area contributed by atoms with Crippen LogP contribution in [0.4, 0.5) is 0 Å². The summed E-state index contributed by atoms with van der Waals surface area (Å²) in [6.45, 7) is 5.59. The molecule has 0 aliphatic carbocycles. The van der Waals surface area contributed by atoms with Crippen LogP contribution in [0, 0.1) is 6.92 Å². The van der Waals surface area contributed by atoms with E-state index in [0.717, 1.165) is 25.0 Å². The van der Waals surface area contributed by atoms with E-state index in [4.69, 9.17) is 0 Å². The lowest BCUT2D eigenvalue weighted by Crippen LogP contribution is -2.50. The Bertz CT molecular complexity index is 946. The monoisotopic (exact) mass is 371 g/mol. The average Bonchev–Trinajstić information content (AvgIpc) is 3.27. The van der Waals surface area contributed by atoms with Crippen molar-refractivity contribution < 1.29 is 9.59 Å². The lowest BCUT2D eigenvalue weighted by molar-refractivity contribution is -0.143. The molecule has 0 saturated carbocycles. The summed E-state index contributed by atoms with van der Waals surface area (Å²) < 4.78 is 1.45. The molecule has 2 fully saturated rings. The number of carbonyl (C=O) groups excluding carboxylic acids is 2. The van der Waals surface area contributed by atoms with E-state index in [1.165, 1.54) is 10.6 Å². The van der Waals surface area contributed by atoms with Crippen molar-refractivity contribution in [2.45, 2.75) is 51.5 Å². The fourth-order valence-corrected chi connectivity index (χ4v) is 4.25. The van der Waals surface area contributed by atoms with E-state index < -0.39 is 6.04 Å². The smallest absolute Gasteiger partial charge is 0.272 e. The molecule has 4 rings (SSSR count). The van der Waals surface area contributed by atoms with E-state index >= 15 is 0 Å². The summed E-state index contributed by atoms with van der Waals surface area (Å²) in [5.74, 6) is 0.212. The molecule has 0 unspecified atom stereocenters. The highest BCUT2D eigenvalue weighted by atomic mass is 16.2. The third kappa shape index (κ3) is 3.24. The molecule has 144 valence electrons. The molecule has 8 nitrogen and oxygen atoms in total. The molecular weight excluding hydrogens is 346 g/mol. The molecule has 2 aromatic rings. The van der Waals surface area contributed by atoms with Gasteiger partial charge in [-0.2, -0.15) is 0 Å². The maximum absolute atomic E-state index is 12.9. The molecule has 2 atom stereocenters. The van der Waals surface area contributed by atoms with Crippen LogP contribution in [-0.2, 0) is 9.59 Å². The van der Waals surface area contributed by atoms with Crippen molar-refractivity contribution in [3.8, 4) is 0 Å². The van der Waals surface area contributed by atoms with Crippen LogP contribution in [0.15, 0.2) is 16.9 Å². The molecule has 2 aromatic heterocycles. The number of aromatic nitrogens is 3. The standard InChI is InChI=1S/C19H25N5O3/c1-12-9-18(26)24-16(20-12)10-15(21-24)14-5-3-7-22(11-14)19(27)13(2)23-8-4-6-17(23)25/h9-10,13-14,21H,3-8,11H2,1-2H3/t13-,14-/m1/s1. The number of aromatic amines is 1. The van der Waals surface area contributed by atoms with Crippen LogP contribution in [0.5, 0.6) is 0 Å². The number of piperidine rings is 1. The number of fused-ring (bicyclic) bond motifs is 1. The van der Waals surface area contributed by atoms with Gasteiger partial charge in [-0.05, 0) is 33.1 Å². The second kappa shape index (κ2) is 6.83. The Labute approximate surface area is 157 Å². The molecule has 1 N–H and O–H groups in total. The predicted octanol–water partition coefficient (Wildman–Crippen LogP) is 1.05. The summed E-state index contributed by atoms with van der Waals surface area (Å²) in [4.78, 5) is 45.0. The predicted molar refractivity (Wildman–Crippen MR) is 99.5 cm³/mol. The lowest BCUT2D eigenvalue weighted by Gasteiger charge is -2.36. The van der Waals surface area contributed by atoms with Crippen LogP contribution in [0.3, 0.4) is 0 Å². The van der Waals surface area contributed by atoms with Gasteiger partial charge in [-0.3, -0.25) is 19.5 Å². The first-order chi connectivity index (χ1) is 12.9. The first kappa shape index (κ1) is 17.8. The molecule has 27 heavy (non-hydrogen) atoms. The van der Waals surface area contributed by atoms with Crippen LogP contribution in [0.25, 0.3) is 5.65 Å². The largest absolute Gasteiger partial charge is 0.340 e. The highest BCUT2D eigenvalue weighted by molar-refractivity contribution is 5.88. The molecule has 2 aliphatic rings. The van der Waals surface area contributed by atoms with E-state index in [-0.39, 0.29) is 23.3 Å². The summed E-state index contributed by atoms with van der Waals surface area (Å²) >= 11 is 0.